The van der Waals surface area contributed by atoms with Crippen molar-refractivity contribution in [1.29, 1.82) is 0 Å². The van der Waals surface area contributed by atoms with E-state index in [-0.39, 0.29) is 11.9 Å². The highest BCUT2D eigenvalue weighted by molar-refractivity contribution is 6.02. The van der Waals surface area contributed by atoms with Gasteiger partial charge in [0.2, 0.25) is 5.91 Å². The molecule has 1 saturated carbocycles. The monoisotopic (exact) mass is 227 g/mol. The average Bonchev–Trinajstić information content (AvgIpc) is 2.10. The van der Waals surface area contributed by atoms with Crippen molar-refractivity contribution in [2.24, 2.45) is 11.3 Å². The van der Waals surface area contributed by atoms with Crippen LogP contribution >= 0.6 is 0 Å². The molecule has 0 spiro atoms. The third kappa shape index (κ3) is 2.20. The number of carbonyl (C=O) groups is 2. The van der Waals surface area contributed by atoms with Crippen molar-refractivity contribution < 1.29 is 14.7 Å². The number of hydrogen-bond donors (Lipinski definition) is 2. The molecule has 0 saturated heterocycles. The van der Waals surface area contributed by atoms with E-state index < -0.39 is 11.4 Å². The Morgan fingerprint density at radius 2 is 1.94 bits per heavy atom. The van der Waals surface area contributed by atoms with Crippen LogP contribution in [0.1, 0.15) is 46.5 Å². The van der Waals surface area contributed by atoms with Crippen LogP contribution in [-0.4, -0.2) is 23.0 Å². The third-order valence-electron chi connectivity index (χ3n) is 3.61. The summed E-state index contributed by atoms with van der Waals surface area (Å²) < 4.78 is 0. The Balaban J connectivity index is 2.67. The van der Waals surface area contributed by atoms with Crippen molar-refractivity contribution in [1.82, 2.24) is 5.32 Å². The lowest BCUT2D eigenvalue weighted by molar-refractivity contribution is -0.162. The second-order valence-electron chi connectivity index (χ2n) is 4.97. The predicted octanol–water partition coefficient (Wildman–Crippen LogP) is 1.79. The molecule has 0 aliphatic heterocycles. The van der Waals surface area contributed by atoms with Gasteiger partial charge in [0.05, 0.1) is 0 Å². The van der Waals surface area contributed by atoms with Crippen LogP contribution in [0.15, 0.2) is 0 Å². The molecule has 1 unspecified atom stereocenters. The van der Waals surface area contributed by atoms with Gasteiger partial charge in [-0.1, -0.05) is 27.2 Å². The molecular formula is C12H21NO3. The fraction of sp³-hybridized carbons (Fsp3) is 0.833. The normalized spacial score (nSPS) is 20.0. The second-order valence-corrected chi connectivity index (χ2v) is 4.97. The first-order chi connectivity index (χ1) is 7.44. The van der Waals surface area contributed by atoms with Gasteiger partial charge < -0.3 is 10.4 Å². The van der Waals surface area contributed by atoms with Crippen LogP contribution in [0.25, 0.3) is 0 Å². The Morgan fingerprint density at radius 3 is 2.19 bits per heavy atom. The van der Waals surface area contributed by atoms with Crippen LogP contribution in [0.3, 0.4) is 0 Å². The van der Waals surface area contributed by atoms with Gasteiger partial charge in [-0.05, 0) is 25.2 Å². The van der Waals surface area contributed by atoms with Gasteiger partial charge in [0.15, 0.2) is 0 Å². The maximum Gasteiger partial charge on any atom is 0.319 e. The zero-order chi connectivity index (χ0) is 12.3. The Morgan fingerprint density at radius 1 is 1.38 bits per heavy atom. The fourth-order valence-corrected chi connectivity index (χ4v) is 2.12. The van der Waals surface area contributed by atoms with Gasteiger partial charge in [-0.2, -0.15) is 0 Å². The summed E-state index contributed by atoms with van der Waals surface area (Å²) >= 11 is 0. The Hall–Kier alpha value is -1.06. The van der Waals surface area contributed by atoms with E-state index in [9.17, 15) is 9.59 Å². The van der Waals surface area contributed by atoms with Crippen molar-refractivity contribution in [2.75, 3.05) is 0 Å². The molecule has 1 aliphatic carbocycles. The van der Waals surface area contributed by atoms with Crippen LogP contribution in [0, 0.1) is 11.3 Å². The molecule has 4 heteroatoms. The molecule has 0 aromatic heterocycles. The predicted molar refractivity (Wildman–Crippen MR) is 61.0 cm³/mol. The molecule has 0 aromatic rings. The third-order valence-corrected chi connectivity index (χ3v) is 3.61. The van der Waals surface area contributed by atoms with Crippen molar-refractivity contribution in [3.8, 4) is 0 Å². The molecular weight excluding hydrogens is 206 g/mol. The van der Waals surface area contributed by atoms with E-state index in [1.54, 1.807) is 0 Å². The molecule has 16 heavy (non-hydrogen) atoms. The van der Waals surface area contributed by atoms with Crippen molar-refractivity contribution in [3.63, 3.8) is 0 Å². The zero-order valence-corrected chi connectivity index (χ0v) is 10.2. The van der Waals surface area contributed by atoms with E-state index in [1.807, 2.05) is 20.8 Å². The lowest BCUT2D eigenvalue weighted by Crippen LogP contribution is -2.54. The number of amides is 1. The number of carboxylic acid groups (broad SMARTS) is 1. The van der Waals surface area contributed by atoms with Crippen molar-refractivity contribution in [3.05, 3.63) is 0 Å². The summed E-state index contributed by atoms with van der Waals surface area (Å²) in [5.41, 5.74) is -1.14. The molecule has 1 amide bonds. The van der Waals surface area contributed by atoms with E-state index in [0.717, 1.165) is 12.8 Å². The molecule has 92 valence electrons. The molecule has 2 N–H and O–H groups in total. The van der Waals surface area contributed by atoms with E-state index in [2.05, 4.69) is 5.32 Å². The molecule has 4 nitrogen and oxygen atoms in total. The van der Waals surface area contributed by atoms with Gasteiger partial charge in [0.1, 0.15) is 5.41 Å². The molecule has 0 radical (unpaired) electrons. The smallest absolute Gasteiger partial charge is 0.319 e. The highest BCUT2D eigenvalue weighted by Crippen LogP contribution is 2.41. The zero-order valence-electron chi connectivity index (χ0n) is 10.2. The number of rotatable bonds is 5. The van der Waals surface area contributed by atoms with Crippen LogP contribution in [0.5, 0.6) is 0 Å². The van der Waals surface area contributed by atoms with E-state index >= 15 is 0 Å². The van der Waals surface area contributed by atoms with Crippen LogP contribution in [0.2, 0.25) is 0 Å². The first-order valence-corrected chi connectivity index (χ1v) is 5.98. The standard InChI is InChI=1S/C12H21NO3/c1-4-9(8(2)3)13-10(14)12(11(15)16)6-5-7-12/h8-9H,4-7H2,1-3H3,(H,13,14)(H,15,16). The Labute approximate surface area is 96.4 Å². The van der Waals surface area contributed by atoms with E-state index in [0.29, 0.717) is 18.8 Å². The number of nitrogens with one attached hydrogen (secondary N) is 1. The van der Waals surface area contributed by atoms with Crippen molar-refractivity contribution >= 4 is 11.9 Å². The van der Waals surface area contributed by atoms with Gasteiger partial charge in [-0.3, -0.25) is 9.59 Å². The van der Waals surface area contributed by atoms with E-state index in [4.69, 9.17) is 5.11 Å². The highest BCUT2D eigenvalue weighted by Gasteiger charge is 2.51. The summed E-state index contributed by atoms with van der Waals surface area (Å²) in [5, 5.41) is 12.0. The van der Waals surface area contributed by atoms with Gasteiger partial charge in [-0.15, -0.1) is 0 Å². The maximum absolute atomic E-state index is 12.0. The highest BCUT2D eigenvalue weighted by atomic mass is 16.4. The minimum Gasteiger partial charge on any atom is -0.480 e. The van der Waals surface area contributed by atoms with Crippen LogP contribution in [-0.2, 0) is 9.59 Å². The lowest BCUT2D eigenvalue weighted by atomic mass is 9.68. The topological polar surface area (TPSA) is 66.4 Å². The van der Waals surface area contributed by atoms with Crippen LogP contribution in [0.4, 0.5) is 0 Å². The van der Waals surface area contributed by atoms with Crippen molar-refractivity contribution in [2.45, 2.75) is 52.5 Å². The molecule has 0 bridgehead atoms. The lowest BCUT2D eigenvalue weighted by Gasteiger charge is -2.37. The van der Waals surface area contributed by atoms with Gasteiger partial charge >= 0.3 is 5.97 Å². The number of carboxylic acids is 1. The molecule has 0 aromatic carbocycles. The Bertz CT molecular complexity index is 282. The fourth-order valence-electron chi connectivity index (χ4n) is 2.12. The first kappa shape index (κ1) is 13.0. The Kier molecular flexibility index (Phi) is 3.94. The number of carbonyl (C=O) groups excluding carboxylic acids is 1. The molecule has 0 heterocycles. The summed E-state index contributed by atoms with van der Waals surface area (Å²) in [6.45, 7) is 6.06. The van der Waals surface area contributed by atoms with Gasteiger partial charge in [-0.25, -0.2) is 0 Å². The maximum atomic E-state index is 12.0. The summed E-state index contributed by atoms with van der Waals surface area (Å²) in [7, 11) is 0. The van der Waals surface area contributed by atoms with Gasteiger partial charge in [0, 0.05) is 6.04 Å². The van der Waals surface area contributed by atoms with E-state index in [1.165, 1.54) is 0 Å². The molecule has 1 rings (SSSR count). The molecule has 1 atom stereocenters. The first-order valence-electron chi connectivity index (χ1n) is 5.98. The molecule has 1 fully saturated rings. The largest absolute Gasteiger partial charge is 0.480 e. The van der Waals surface area contributed by atoms with Gasteiger partial charge in [0.25, 0.3) is 0 Å². The summed E-state index contributed by atoms with van der Waals surface area (Å²) in [6.07, 6.45) is 2.61. The minimum atomic E-state index is -1.14. The van der Waals surface area contributed by atoms with Crippen LogP contribution < -0.4 is 5.32 Å². The minimum absolute atomic E-state index is 0.0734. The summed E-state index contributed by atoms with van der Waals surface area (Å²) in [5.74, 6) is -0.943. The quantitative estimate of drug-likeness (QED) is 0.704. The number of hydrogen-bond acceptors (Lipinski definition) is 2. The molecule has 1 aliphatic rings. The average molecular weight is 227 g/mol. The SMILES string of the molecule is CCC(NC(=O)C1(C(=O)O)CCC1)C(C)C. The second kappa shape index (κ2) is 4.85. The summed E-state index contributed by atoms with van der Waals surface area (Å²) in [4.78, 5) is 23.1. The summed E-state index contributed by atoms with van der Waals surface area (Å²) in [6, 6.07) is 0.0734. The number of aliphatic carboxylic acids is 1.